The Bertz CT molecular complexity index is 555. The van der Waals surface area contributed by atoms with Crippen LogP contribution in [-0.4, -0.2) is 0 Å². The minimum atomic E-state index is -0.0296. The van der Waals surface area contributed by atoms with Gasteiger partial charge in [0, 0.05) is 10.5 Å². The van der Waals surface area contributed by atoms with Crippen LogP contribution in [-0.2, 0) is 6.61 Å². The number of nitrogens with two attached hydrogens (primary N) is 1. The van der Waals surface area contributed by atoms with Gasteiger partial charge < -0.3 is 10.5 Å². The average molecular weight is 341 g/mol. The minimum Gasteiger partial charge on any atom is -0.487 e. The molecule has 0 saturated heterocycles. The molecular weight excluding hydrogens is 326 g/mol. The highest BCUT2D eigenvalue weighted by atomic mass is 79.9. The third kappa shape index (κ3) is 3.96. The fourth-order valence-corrected chi connectivity index (χ4v) is 2.17. The van der Waals surface area contributed by atoms with Gasteiger partial charge in [-0.2, -0.15) is 0 Å². The summed E-state index contributed by atoms with van der Waals surface area (Å²) < 4.78 is 6.76. The zero-order valence-corrected chi connectivity index (χ0v) is 12.9. The van der Waals surface area contributed by atoms with Crippen LogP contribution in [0.4, 0.5) is 0 Å². The number of ether oxygens (including phenoxy) is 1. The van der Waals surface area contributed by atoms with E-state index in [2.05, 4.69) is 15.9 Å². The molecule has 0 bridgehead atoms. The molecule has 2 nitrogen and oxygen atoms in total. The van der Waals surface area contributed by atoms with Gasteiger partial charge in [-0.15, -0.1) is 0 Å². The lowest BCUT2D eigenvalue weighted by Crippen LogP contribution is -2.05. The summed E-state index contributed by atoms with van der Waals surface area (Å²) in [7, 11) is 0. The van der Waals surface area contributed by atoms with Gasteiger partial charge in [0.1, 0.15) is 12.4 Å². The summed E-state index contributed by atoms with van der Waals surface area (Å²) in [6.45, 7) is 2.42. The minimum absolute atomic E-state index is 0.0296. The summed E-state index contributed by atoms with van der Waals surface area (Å²) in [6.07, 6.45) is 0. The third-order valence-corrected chi connectivity index (χ3v) is 3.61. The van der Waals surface area contributed by atoms with Gasteiger partial charge in [0.2, 0.25) is 0 Å². The summed E-state index contributed by atoms with van der Waals surface area (Å²) in [5.74, 6) is 0.675. The molecule has 0 fully saturated rings. The third-order valence-electron chi connectivity index (χ3n) is 2.79. The Labute approximate surface area is 126 Å². The van der Waals surface area contributed by atoms with Crippen molar-refractivity contribution in [2.45, 2.75) is 19.6 Å². The highest BCUT2D eigenvalue weighted by Gasteiger charge is 2.06. The zero-order chi connectivity index (χ0) is 13.8. The second kappa shape index (κ2) is 6.42. The van der Waals surface area contributed by atoms with Gasteiger partial charge in [-0.1, -0.05) is 45.7 Å². The second-order valence-electron chi connectivity index (χ2n) is 4.39. The average Bonchev–Trinajstić information content (AvgIpc) is 2.39. The Balaban J connectivity index is 2.05. The number of hydrogen-bond acceptors (Lipinski definition) is 2. The molecule has 0 saturated carbocycles. The van der Waals surface area contributed by atoms with E-state index in [-0.39, 0.29) is 6.04 Å². The van der Waals surface area contributed by atoms with Crippen LogP contribution in [0.5, 0.6) is 5.75 Å². The molecular formula is C15H15BrClNO. The van der Waals surface area contributed by atoms with E-state index < -0.39 is 0 Å². The van der Waals surface area contributed by atoms with Gasteiger partial charge in [-0.25, -0.2) is 0 Å². The summed E-state index contributed by atoms with van der Waals surface area (Å²) in [4.78, 5) is 0. The molecule has 0 unspecified atom stereocenters. The molecule has 0 radical (unpaired) electrons. The van der Waals surface area contributed by atoms with Gasteiger partial charge in [-0.05, 0) is 42.3 Å². The van der Waals surface area contributed by atoms with Crippen molar-refractivity contribution in [3.8, 4) is 5.75 Å². The van der Waals surface area contributed by atoms with Crippen LogP contribution in [0, 0.1) is 0 Å². The number of rotatable bonds is 4. The largest absolute Gasteiger partial charge is 0.487 e. The van der Waals surface area contributed by atoms with Crippen molar-refractivity contribution in [1.82, 2.24) is 0 Å². The van der Waals surface area contributed by atoms with Gasteiger partial charge in [0.25, 0.3) is 0 Å². The van der Waals surface area contributed by atoms with E-state index in [9.17, 15) is 0 Å². The zero-order valence-electron chi connectivity index (χ0n) is 10.6. The highest BCUT2D eigenvalue weighted by molar-refractivity contribution is 9.10. The number of halogens is 2. The van der Waals surface area contributed by atoms with Crippen LogP contribution in [0.25, 0.3) is 0 Å². The van der Waals surface area contributed by atoms with E-state index in [0.29, 0.717) is 17.4 Å². The Hall–Kier alpha value is -1.03. The van der Waals surface area contributed by atoms with E-state index >= 15 is 0 Å². The van der Waals surface area contributed by atoms with Gasteiger partial charge in [-0.3, -0.25) is 0 Å². The normalized spacial score (nSPS) is 12.2. The Morgan fingerprint density at radius 2 is 1.89 bits per heavy atom. The lowest BCUT2D eigenvalue weighted by atomic mass is 10.1. The molecule has 2 aromatic carbocycles. The summed E-state index contributed by atoms with van der Waals surface area (Å²) in [5, 5.41) is 0.590. The van der Waals surface area contributed by atoms with Crippen LogP contribution in [0.1, 0.15) is 24.1 Å². The SMILES string of the molecule is C[C@@H](N)c1ccc(OCc2ccc(Br)cc2)c(Cl)c1. The molecule has 2 aromatic rings. The molecule has 0 aromatic heterocycles. The van der Waals surface area contributed by atoms with Crippen LogP contribution in [0.15, 0.2) is 46.9 Å². The van der Waals surface area contributed by atoms with E-state index in [1.165, 1.54) is 0 Å². The maximum absolute atomic E-state index is 6.18. The Morgan fingerprint density at radius 3 is 2.47 bits per heavy atom. The molecule has 1 atom stereocenters. The van der Waals surface area contributed by atoms with E-state index in [0.717, 1.165) is 15.6 Å². The van der Waals surface area contributed by atoms with E-state index in [1.807, 2.05) is 49.4 Å². The number of hydrogen-bond donors (Lipinski definition) is 1. The lowest BCUT2D eigenvalue weighted by molar-refractivity contribution is 0.306. The number of benzene rings is 2. The summed E-state index contributed by atoms with van der Waals surface area (Å²) >= 11 is 9.58. The first-order valence-corrected chi connectivity index (χ1v) is 7.15. The molecule has 0 aliphatic carbocycles. The van der Waals surface area contributed by atoms with E-state index in [1.54, 1.807) is 0 Å². The van der Waals surface area contributed by atoms with E-state index in [4.69, 9.17) is 22.1 Å². The van der Waals surface area contributed by atoms with Crippen LogP contribution >= 0.6 is 27.5 Å². The molecule has 4 heteroatoms. The lowest BCUT2D eigenvalue weighted by Gasteiger charge is -2.11. The van der Waals surface area contributed by atoms with Crippen LogP contribution < -0.4 is 10.5 Å². The summed E-state index contributed by atoms with van der Waals surface area (Å²) in [5.41, 5.74) is 7.90. The van der Waals surface area contributed by atoms with Crippen LogP contribution in [0.2, 0.25) is 5.02 Å². The predicted octanol–water partition coefficient (Wildman–Crippen LogP) is 4.70. The first kappa shape index (κ1) is 14.4. The summed E-state index contributed by atoms with van der Waals surface area (Å²) in [6, 6.07) is 13.6. The Kier molecular flexibility index (Phi) is 4.86. The van der Waals surface area contributed by atoms with Gasteiger partial charge in [0.15, 0.2) is 0 Å². The molecule has 2 rings (SSSR count). The molecule has 0 heterocycles. The maximum Gasteiger partial charge on any atom is 0.138 e. The van der Waals surface area contributed by atoms with Gasteiger partial charge >= 0.3 is 0 Å². The Morgan fingerprint density at radius 1 is 1.21 bits per heavy atom. The fraction of sp³-hybridized carbons (Fsp3) is 0.200. The predicted molar refractivity (Wildman–Crippen MR) is 82.5 cm³/mol. The molecule has 0 spiro atoms. The molecule has 19 heavy (non-hydrogen) atoms. The standard InChI is InChI=1S/C15H15BrClNO/c1-10(18)12-4-7-15(14(17)8-12)19-9-11-2-5-13(16)6-3-11/h2-8,10H,9,18H2,1H3/t10-/m1/s1. The van der Waals surface area contributed by atoms with Crippen molar-refractivity contribution in [2.75, 3.05) is 0 Å². The fourth-order valence-electron chi connectivity index (χ4n) is 1.66. The topological polar surface area (TPSA) is 35.2 Å². The smallest absolute Gasteiger partial charge is 0.138 e. The first-order valence-electron chi connectivity index (χ1n) is 5.98. The highest BCUT2D eigenvalue weighted by Crippen LogP contribution is 2.28. The second-order valence-corrected chi connectivity index (χ2v) is 5.72. The van der Waals surface area contributed by atoms with Crippen LogP contribution in [0.3, 0.4) is 0 Å². The molecule has 100 valence electrons. The maximum atomic E-state index is 6.18. The first-order chi connectivity index (χ1) is 9.06. The molecule has 0 aliphatic rings. The monoisotopic (exact) mass is 339 g/mol. The van der Waals surface area contributed by atoms with Crippen molar-refractivity contribution in [2.24, 2.45) is 5.73 Å². The molecule has 0 aliphatic heterocycles. The van der Waals surface area contributed by atoms with Crippen molar-refractivity contribution in [1.29, 1.82) is 0 Å². The molecule has 2 N–H and O–H groups in total. The van der Waals surface area contributed by atoms with Crippen molar-refractivity contribution >= 4 is 27.5 Å². The molecule has 0 amide bonds. The van der Waals surface area contributed by atoms with Crippen molar-refractivity contribution < 1.29 is 4.74 Å². The van der Waals surface area contributed by atoms with Crippen molar-refractivity contribution in [3.63, 3.8) is 0 Å². The van der Waals surface area contributed by atoms with Gasteiger partial charge in [0.05, 0.1) is 5.02 Å². The quantitative estimate of drug-likeness (QED) is 0.875. The van der Waals surface area contributed by atoms with Crippen molar-refractivity contribution in [3.05, 3.63) is 63.1 Å².